The lowest BCUT2D eigenvalue weighted by molar-refractivity contribution is -0.384. The van der Waals surface area contributed by atoms with Crippen LogP contribution < -0.4 is 10.2 Å². The molecule has 1 saturated carbocycles. The first-order valence-corrected chi connectivity index (χ1v) is 8.02. The topological polar surface area (TPSA) is 95.7 Å². The van der Waals surface area contributed by atoms with E-state index >= 15 is 0 Å². The van der Waals surface area contributed by atoms with E-state index in [4.69, 9.17) is 0 Å². The van der Waals surface area contributed by atoms with Crippen molar-refractivity contribution in [1.82, 2.24) is 5.32 Å². The second-order valence-corrected chi connectivity index (χ2v) is 6.41. The Morgan fingerprint density at radius 2 is 2.00 bits per heavy atom. The average Bonchev–Trinajstić information content (AvgIpc) is 3.04. The Hall–Kier alpha value is -2.15. The quantitative estimate of drug-likeness (QED) is 0.638. The van der Waals surface area contributed by atoms with Crippen molar-refractivity contribution < 1.29 is 14.8 Å². The summed E-state index contributed by atoms with van der Waals surface area (Å²) in [4.78, 5) is 25.1. The summed E-state index contributed by atoms with van der Waals surface area (Å²) in [5, 5.41) is 23.8. The number of anilines is 1. The fourth-order valence-electron chi connectivity index (χ4n) is 3.15. The molecule has 2 aliphatic rings. The number of aliphatic hydroxyl groups is 1. The third-order valence-corrected chi connectivity index (χ3v) is 4.74. The zero-order chi connectivity index (χ0) is 16.4. The van der Waals surface area contributed by atoms with Gasteiger partial charge in [0.25, 0.3) is 11.6 Å². The van der Waals surface area contributed by atoms with Crippen molar-refractivity contribution in [3.05, 3.63) is 33.9 Å². The maximum Gasteiger partial charge on any atom is 0.270 e. The molecule has 0 aromatic heterocycles. The highest BCUT2D eigenvalue weighted by Gasteiger charge is 2.35. The number of nitrogens with zero attached hydrogens (tertiary/aromatic N) is 2. The molecular weight excluding hydrogens is 298 g/mol. The van der Waals surface area contributed by atoms with E-state index in [1.54, 1.807) is 6.07 Å². The Bertz CT molecular complexity index is 622. The lowest BCUT2D eigenvalue weighted by atomic mass is 9.80. The Morgan fingerprint density at radius 3 is 2.57 bits per heavy atom. The monoisotopic (exact) mass is 319 g/mol. The standard InChI is InChI=1S/C16H21N3O4/c20-15(17-11-16(21)6-3-7-16)13-10-12(19(22)23)4-5-14(13)18-8-1-2-9-18/h4-5,10,21H,1-3,6-9,11H2,(H,17,20). The molecule has 0 bridgehead atoms. The Morgan fingerprint density at radius 1 is 1.30 bits per heavy atom. The lowest BCUT2D eigenvalue weighted by Crippen LogP contribution is -2.47. The summed E-state index contributed by atoms with van der Waals surface area (Å²) in [6.07, 6.45) is 4.43. The maximum atomic E-state index is 12.5. The number of hydrogen-bond acceptors (Lipinski definition) is 5. The summed E-state index contributed by atoms with van der Waals surface area (Å²) in [6.45, 7) is 1.89. The van der Waals surface area contributed by atoms with E-state index in [1.165, 1.54) is 12.1 Å². The molecular formula is C16H21N3O4. The van der Waals surface area contributed by atoms with Crippen LogP contribution in [0.1, 0.15) is 42.5 Å². The minimum absolute atomic E-state index is 0.0968. The minimum atomic E-state index is -0.815. The first-order chi connectivity index (χ1) is 11.0. The SMILES string of the molecule is O=C(NCC1(O)CCC1)c1cc([N+](=O)[O-])ccc1N1CCCC1. The van der Waals surface area contributed by atoms with Crippen molar-refractivity contribution in [3.8, 4) is 0 Å². The average molecular weight is 319 g/mol. The van der Waals surface area contributed by atoms with E-state index < -0.39 is 10.5 Å². The molecule has 2 N–H and O–H groups in total. The third-order valence-electron chi connectivity index (χ3n) is 4.74. The number of carbonyl (C=O) groups is 1. The van der Waals surface area contributed by atoms with Gasteiger partial charge in [0.2, 0.25) is 0 Å². The zero-order valence-electron chi connectivity index (χ0n) is 13.0. The molecule has 23 heavy (non-hydrogen) atoms. The zero-order valence-corrected chi connectivity index (χ0v) is 13.0. The highest BCUT2D eigenvalue weighted by atomic mass is 16.6. The molecule has 124 valence electrons. The van der Waals surface area contributed by atoms with Crippen LogP contribution >= 0.6 is 0 Å². The smallest absolute Gasteiger partial charge is 0.270 e. The largest absolute Gasteiger partial charge is 0.388 e. The molecule has 1 heterocycles. The van der Waals surface area contributed by atoms with Gasteiger partial charge < -0.3 is 15.3 Å². The van der Waals surface area contributed by atoms with Crippen molar-refractivity contribution >= 4 is 17.3 Å². The normalized spacial score (nSPS) is 19.3. The van der Waals surface area contributed by atoms with Crippen LogP contribution in [-0.2, 0) is 0 Å². The van der Waals surface area contributed by atoms with Gasteiger partial charge in [-0.05, 0) is 38.2 Å². The van der Waals surface area contributed by atoms with E-state index in [0.29, 0.717) is 18.4 Å². The molecule has 1 saturated heterocycles. The molecule has 2 fully saturated rings. The molecule has 1 aliphatic heterocycles. The predicted octanol–water partition coefficient (Wildman–Crippen LogP) is 1.84. The van der Waals surface area contributed by atoms with E-state index in [9.17, 15) is 20.0 Å². The number of nitro benzene ring substituents is 1. The Labute approximate surface area is 134 Å². The van der Waals surface area contributed by atoms with Gasteiger partial charge in [-0.15, -0.1) is 0 Å². The van der Waals surface area contributed by atoms with Crippen LogP contribution in [0.2, 0.25) is 0 Å². The summed E-state index contributed by atoms with van der Waals surface area (Å²) in [5.41, 5.74) is 0.125. The van der Waals surface area contributed by atoms with Gasteiger partial charge in [-0.25, -0.2) is 0 Å². The van der Waals surface area contributed by atoms with Crippen LogP contribution in [0.15, 0.2) is 18.2 Å². The molecule has 7 nitrogen and oxygen atoms in total. The van der Waals surface area contributed by atoms with Gasteiger partial charge in [-0.1, -0.05) is 0 Å². The summed E-state index contributed by atoms with van der Waals surface area (Å²) < 4.78 is 0. The Balaban J connectivity index is 1.82. The summed E-state index contributed by atoms with van der Waals surface area (Å²) in [7, 11) is 0. The highest BCUT2D eigenvalue weighted by Crippen LogP contribution is 2.31. The van der Waals surface area contributed by atoms with Crippen LogP contribution in [0.4, 0.5) is 11.4 Å². The van der Waals surface area contributed by atoms with Crippen LogP contribution in [0, 0.1) is 10.1 Å². The number of nitrogens with one attached hydrogen (secondary N) is 1. The molecule has 0 spiro atoms. The van der Waals surface area contributed by atoms with E-state index in [-0.39, 0.29) is 18.1 Å². The van der Waals surface area contributed by atoms with Crippen LogP contribution in [0.25, 0.3) is 0 Å². The number of amides is 1. The first kappa shape index (κ1) is 15.7. The molecule has 0 radical (unpaired) electrons. The lowest BCUT2D eigenvalue weighted by Gasteiger charge is -2.36. The molecule has 0 atom stereocenters. The summed E-state index contributed by atoms with van der Waals surface area (Å²) in [6, 6.07) is 4.41. The fourth-order valence-corrected chi connectivity index (χ4v) is 3.15. The molecule has 1 aromatic carbocycles. The molecule has 1 amide bonds. The molecule has 0 unspecified atom stereocenters. The second-order valence-electron chi connectivity index (χ2n) is 6.41. The summed E-state index contributed by atoms with van der Waals surface area (Å²) >= 11 is 0. The third kappa shape index (κ3) is 3.29. The van der Waals surface area contributed by atoms with Crippen molar-refractivity contribution in [2.75, 3.05) is 24.5 Å². The number of benzene rings is 1. The number of carbonyl (C=O) groups excluding carboxylic acids is 1. The van der Waals surface area contributed by atoms with Gasteiger partial charge >= 0.3 is 0 Å². The minimum Gasteiger partial charge on any atom is -0.388 e. The predicted molar refractivity (Wildman–Crippen MR) is 85.7 cm³/mol. The van der Waals surface area contributed by atoms with Crippen molar-refractivity contribution in [2.45, 2.75) is 37.7 Å². The van der Waals surface area contributed by atoms with Crippen molar-refractivity contribution in [1.29, 1.82) is 0 Å². The van der Waals surface area contributed by atoms with Crippen LogP contribution in [0.5, 0.6) is 0 Å². The fraction of sp³-hybridized carbons (Fsp3) is 0.562. The number of hydrogen-bond donors (Lipinski definition) is 2. The van der Waals surface area contributed by atoms with E-state index in [2.05, 4.69) is 10.2 Å². The van der Waals surface area contributed by atoms with Gasteiger partial charge in [0, 0.05) is 31.8 Å². The molecule has 1 aliphatic carbocycles. The second kappa shape index (κ2) is 6.16. The maximum absolute atomic E-state index is 12.5. The first-order valence-electron chi connectivity index (χ1n) is 8.02. The van der Waals surface area contributed by atoms with Crippen LogP contribution in [0.3, 0.4) is 0 Å². The molecule has 3 rings (SSSR count). The number of nitro groups is 1. The molecule has 1 aromatic rings. The van der Waals surface area contributed by atoms with Gasteiger partial charge in [0.15, 0.2) is 0 Å². The van der Waals surface area contributed by atoms with Crippen molar-refractivity contribution in [3.63, 3.8) is 0 Å². The van der Waals surface area contributed by atoms with Gasteiger partial charge in [0.1, 0.15) is 0 Å². The van der Waals surface area contributed by atoms with E-state index in [0.717, 1.165) is 38.0 Å². The highest BCUT2D eigenvalue weighted by molar-refractivity contribution is 6.00. The Kier molecular flexibility index (Phi) is 4.21. The van der Waals surface area contributed by atoms with Gasteiger partial charge in [-0.3, -0.25) is 14.9 Å². The molecule has 7 heteroatoms. The van der Waals surface area contributed by atoms with Gasteiger partial charge in [-0.2, -0.15) is 0 Å². The van der Waals surface area contributed by atoms with Gasteiger partial charge in [0.05, 0.1) is 21.8 Å². The summed E-state index contributed by atoms with van der Waals surface area (Å²) in [5.74, 6) is -0.365. The van der Waals surface area contributed by atoms with Crippen molar-refractivity contribution in [2.24, 2.45) is 0 Å². The number of rotatable bonds is 5. The van der Waals surface area contributed by atoms with E-state index in [1.807, 2.05) is 0 Å². The van der Waals surface area contributed by atoms with Crippen LogP contribution in [-0.4, -0.2) is 41.2 Å². The number of non-ortho nitro benzene ring substituents is 1.